The van der Waals surface area contributed by atoms with E-state index in [2.05, 4.69) is 55.6 Å². The number of hydrogen-bond acceptors (Lipinski definition) is 6. The fourth-order valence-electron chi connectivity index (χ4n) is 6.24. The molecule has 0 aliphatic heterocycles. The number of aliphatic hydroxyl groups is 1. The van der Waals surface area contributed by atoms with Crippen molar-refractivity contribution in [1.82, 2.24) is 5.32 Å². The van der Waals surface area contributed by atoms with Crippen molar-refractivity contribution in [3.05, 3.63) is 48.6 Å². The summed E-state index contributed by atoms with van der Waals surface area (Å²) in [7, 11) is -4.35. The number of carbonyl (C=O) groups excluding carboxylic acids is 1. The molecule has 0 aromatic carbocycles. The smallest absolute Gasteiger partial charge is 0.387 e. The number of nitrogens with two attached hydrogens (primary N) is 1. The van der Waals surface area contributed by atoms with Crippen molar-refractivity contribution >= 4 is 13.7 Å². The lowest BCUT2D eigenvalue weighted by atomic mass is 10.1. The molecule has 0 heterocycles. The molecule has 54 heavy (non-hydrogen) atoms. The van der Waals surface area contributed by atoms with Crippen LogP contribution in [0.15, 0.2) is 48.6 Å². The van der Waals surface area contributed by atoms with Crippen LogP contribution in [0.25, 0.3) is 0 Å². The monoisotopic (exact) mass is 781 g/mol. The number of phosphoric ester groups is 1. The van der Waals surface area contributed by atoms with Crippen LogP contribution in [0, 0.1) is 0 Å². The molecule has 3 atom stereocenters. The standard InChI is InChI=1S/C45H85N2O6P/c1-3-5-7-9-11-13-15-17-19-21-22-23-25-27-29-31-33-35-37-39-45(49)47-43(42-53-54(50,51)52-41-40-46)44(48)38-36-34-32-30-28-26-24-20-18-16-14-12-10-8-6-4-2/h11,13,17,19,28,30,36,38,43-44,48H,3-10,12,14-16,18,20-27,29,31-35,37,39-42,46H2,1-2H3,(H,47,49)(H,50,51)/b13-11-,19-17-,30-28+,38-36+. The number of amides is 1. The van der Waals surface area contributed by atoms with Crippen LogP contribution in [0.2, 0.25) is 0 Å². The summed E-state index contributed by atoms with van der Waals surface area (Å²) in [6.07, 6.45) is 50.1. The first-order chi connectivity index (χ1) is 26.4. The number of hydrogen-bond donors (Lipinski definition) is 4. The Bertz CT molecular complexity index is 985. The van der Waals surface area contributed by atoms with Crippen molar-refractivity contribution in [1.29, 1.82) is 0 Å². The van der Waals surface area contributed by atoms with E-state index in [4.69, 9.17) is 14.8 Å². The van der Waals surface area contributed by atoms with Gasteiger partial charge in [0.1, 0.15) is 0 Å². The second kappa shape index (κ2) is 41.1. The summed E-state index contributed by atoms with van der Waals surface area (Å²) < 4.78 is 22.1. The van der Waals surface area contributed by atoms with Crippen molar-refractivity contribution in [2.24, 2.45) is 5.73 Å². The molecule has 8 nitrogen and oxygen atoms in total. The molecule has 3 unspecified atom stereocenters. The van der Waals surface area contributed by atoms with Gasteiger partial charge in [-0.25, -0.2) is 4.57 Å². The van der Waals surface area contributed by atoms with Gasteiger partial charge in [0.15, 0.2) is 0 Å². The van der Waals surface area contributed by atoms with Crippen LogP contribution < -0.4 is 11.1 Å². The zero-order valence-electron chi connectivity index (χ0n) is 35.0. The quantitative estimate of drug-likeness (QED) is 0.0276. The van der Waals surface area contributed by atoms with Gasteiger partial charge in [-0.05, 0) is 64.2 Å². The summed E-state index contributed by atoms with van der Waals surface area (Å²) in [4.78, 5) is 22.7. The predicted octanol–water partition coefficient (Wildman–Crippen LogP) is 12.5. The molecule has 0 radical (unpaired) electrons. The fourth-order valence-corrected chi connectivity index (χ4v) is 7.00. The molecule has 0 aromatic rings. The lowest BCUT2D eigenvalue weighted by Crippen LogP contribution is -2.45. The van der Waals surface area contributed by atoms with Gasteiger partial charge in [-0.3, -0.25) is 13.8 Å². The van der Waals surface area contributed by atoms with E-state index >= 15 is 0 Å². The number of carbonyl (C=O) groups is 1. The maximum atomic E-state index is 12.8. The molecule has 0 aliphatic rings. The fraction of sp³-hybridized carbons (Fsp3) is 0.800. The third-order valence-corrected chi connectivity index (χ3v) is 10.6. The van der Waals surface area contributed by atoms with E-state index in [9.17, 15) is 19.4 Å². The molecule has 0 saturated carbocycles. The van der Waals surface area contributed by atoms with E-state index in [1.807, 2.05) is 6.08 Å². The molecule has 1 amide bonds. The van der Waals surface area contributed by atoms with E-state index in [0.29, 0.717) is 6.42 Å². The summed E-state index contributed by atoms with van der Waals surface area (Å²) in [6, 6.07) is -0.879. The molecule has 0 aromatic heterocycles. The number of aliphatic hydroxyl groups excluding tert-OH is 1. The first-order valence-corrected chi connectivity index (χ1v) is 23.8. The maximum Gasteiger partial charge on any atom is 0.472 e. The van der Waals surface area contributed by atoms with Gasteiger partial charge < -0.3 is 21.1 Å². The van der Waals surface area contributed by atoms with Gasteiger partial charge in [0.2, 0.25) is 5.91 Å². The summed E-state index contributed by atoms with van der Waals surface area (Å²) in [5.74, 6) is -0.210. The highest BCUT2D eigenvalue weighted by molar-refractivity contribution is 7.47. The van der Waals surface area contributed by atoms with E-state index < -0.39 is 20.0 Å². The van der Waals surface area contributed by atoms with Crippen molar-refractivity contribution in [3.8, 4) is 0 Å². The minimum Gasteiger partial charge on any atom is -0.387 e. The minimum atomic E-state index is -4.35. The molecule has 0 aliphatic carbocycles. The molecular weight excluding hydrogens is 695 g/mol. The summed E-state index contributed by atoms with van der Waals surface area (Å²) in [6.45, 7) is 4.08. The lowest BCUT2D eigenvalue weighted by molar-refractivity contribution is -0.123. The molecule has 0 spiro atoms. The SMILES string of the molecule is CCCCC/C=C\C/C=C\CCCCCCCCCCCC(=O)NC(COP(=O)(O)OCCN)C(O)/C=C/CC/C=C/CCCCCCCCCCCC. The first-order valence-electron chi connectivity index (χ1n) is 22.3. The molecular formula is C45H85N2O6P. The van der Waals surface area contributed by atoms with Crippen LogP contribution in [0.5, 0.6) is 0 Å². The van der Waals surface area contributed by atoms with Gasteiger partial charge in [0, 0.05) is 13.0 Å². The molecule has 9 heteroatoms. The van der Waals surface area contributed by atoms with Crippen LogP contribution in [0.4, 0.5) is 0 Å². The van der Waals surface area contributed by atoms with E-state index in [0.717, 1.165) is 44.9 Å². The normalized spacial score (nSPS) is 14.5. The Kier molecular flexibility index (Phi) is 39.9. The molecule has 0 rings (SSSR count). The Balaban J connectivity index is 4.25. The van der Waals surface area contributed by atoms with Crippen molar-refractivity contribution in [2.75, 3.05) is 19.8 Å². The van der Waals surface area contributed by atoms with E-state index in [1.165, 1.54) is 135 Å². The van der Waals surface area contributed by atoms with Crippen LogP contribution in [0.3, 0.4) is 0 Å². The first kappa shape index (κ1) is 52.5. The number of unbranched alkanes of at least 4 members (excludes halogenated alkanes) is 23. The lowest BCUT2D eigenvalue weighted by Gasteiger charge is -2.23. The van der Waals surface area contributed by atoms with Crippen molar-refractivity contribution < 1.29 is 28.4 Å². The van der Waals surface area contributed by atoms with Gasteiger partial charge in [-0.2, -0.15) is 0 Å². The zero-order chi connectivity index (χ0) is 39.6. The van der Waals surface area contributed by atoms with Gasteiger partial charge in [0.25, 0.3) is 0 Å². The van der Waals surface area contributed by atoms with Crippen LogP contribution in [-0.4, -0.2) is 47.8 Å². The van der Waals surface area contributed by atoms with Gasteiger partial charge in [-0.1, -0.05) is 178 Å². The predicted molar refractivity (Wildman–Crippen MR) is 231 cm³/mol. The summed E-state index contributed by atoms with van der Waals surface area (Å²) in [5, 5.41) is 13.7. The Labute approximate surface area is 332 Å². The molecule has 0 bridgehead atoms. The van der Waals surface area contributed by atoms with E-state index in [-0.39, 0.29) is 25.7 Å². The second-order valence-corrected chi connectivity index (χ2v) is 16.3. The van der Waals surface area contributed by atoms with Crippen LogP contribution in [-0.2, 0) is 18.4 Å². The maximum absolute atomic E-state index is 12.8. The van der Waals surface area contributed by atoms with Crippen LogP contribution >= 0.6 is 7.82 Å². The Morgan fingerprint density at radius 3 is 1.57 bits per heavy atom. The average molecular weight is 781 g/mol. The Morgan fingerprint density at radius 1 is 0.611 bits per heavy atom. The number of phosphoric acid groups is 1. The number of rotatable bonds is 41. The highest BCUT2D eigenvalue weighted by Gasteiger charge is 2.26. The average Bonchev–Trinajstić information content (AvgIpc) is 3.16. The third-order valence-electron chi connectivity index (χ3n) is 9.63. The number of nitrogens with one attached hydrogen (secondary N) is 1. The van der Waals surface area contributed by atoms with E-state index in [1.54, 1.807) is 6.08 Å². The highest BCUT2D eigenvalue weighted by Crippen LogP contribution is 2.43. The topological polar surface area (TPSA) is 131 Å². The summed E-state index contributed by atoms with van der Waals surface area (Å²) >= 11 is 0. The Morgan fingerprint density at radius 2 is 1.04 bits per heavy atom. The third kappa shape index (κ3) is 38.7. The molecule has 0 saturated heterocycles. The van der Waals surface area contributed by atoms with Crippen molar-refractivity contribution in [2.45, 2.75) is 212 Å². The highest BCUT2D eigenvalue weighted by atomic mass is 31.2. The van der Waals surface area contributed by atoms with Crippen molar-refractivity contribution in [3.63, 3.8) is 0 Å². The zero-order valence-corrected chi connectivity index (χ0v) is 35.8. The number of allylic oxidation sites excluding steroid dienone is 7. The molecule has 5 N–H and O–H groups in total. The minimum absolute atomic E-state index is 0.0721. The molecule has 0 fully saturated rings. The molecule has 316 valence electrons. The summed E-state index contributed by atoms with van der Waals surface area (Å²) in [5.41, 5.74) is 5.37. The van der Waals surface area contributed by atoms with Gasteiger partial charge >= 0.3 is 7.82 Å². The Hall–Kier alpha value is -1.54. The second-order valence-electron chi connectivity index (χ2n) is 14.9. The largest absolute Gasteiger partial charge is 0.472 e. The van der Waals surface area contributed by atoms with Gasteiger partial charge in [0.05, 0.1) is 25.4 Å². The van der Waals surface area contributed by atoms with Crippen LogP contribution in [0.1, 0.15) is 200 Å². The van der Waals surface area contributed by atoms with Gasteiger partial charge in [-0.15, -0.1) is 0 Å².